The molecule has 6 nitrogen and oxygen atoms in total. The average molecular weight is 358 g/mol. The normalized spacial score (nSPS) is 31.3. The summed E-state index contributed by atoms with van der Waals surface area (Å²) in [6.45, 7) is 0.855. The van der Waals surface area contributed by atoms with Gasteiger partial charge in [-0.2, -0.15) is 4.99 Å². The maximum absolute atomic E-state index is 12.5. The Morgan fingerprint density at radius 3 is 3.08 bits per heavy atom. The number of carbonyl (C=O) groups is 2. The number of para-hydroxylation sites is 2. The van der Waals surface area contributed by atoms with Gasteiger partial charge in [0.2, 0.25) is 0 Å². The standard InChI is InChI=1S/C16H11N3O3S2/c20-13-9(14-18(13)11(8-24-14)15(21)22)7-19-5-6-23-16(19)17-10-3-1-2-4-12(10)19/h1-4,7-8,14H,5-6H2/p+1/t14-,19?/m1/s1. The van der Waals surface area contributed by atoms with Gasteiger partial charge in [0.1, 0.15) is 35.1 Å². The third kappa shape index (κ3) is 1.65. The molecule has 4 aliphatic heterocycles. The Kier molecular flexibility index (Phi) is 2.83. The SMILES string of the molecule is O=C(O)C1=CS[C@@H]2C(=C[N+]34CCSC3=Nc3ccccc34)C(=O)N12. The summed E-state index contributed by atoms with van der Waals surface area (Å²) >= 11 is 3.09. The minimum absolute atomic E-state index is 0.0682. The van der Waals surface area contributed by atoms with E-state index in [2.05, 4.69) is 6.07 Å². The smallest absolute Gasteiger partial charge is 0.353 e. The van der Waals surface area contributed by atoms with Gasteiger partial charge in [-0.3, -0.25) is 9.69 Å². The lowest BCUT2D eigenvalue weighted by atomic mass is 10.1. The Labute approximate surface area is 146 Å². The maximum Gasteiger partial charge on any atom is 0.353 e. The van der Waals surface area contributed by atoms with E-state index in [1.165, 1.54) is 16.7 Å². The number of carbonyl (C=O) groups excluding carboxylic acids is 1. The fraction of sp³-hybridized carbons (Fsp3) is 0.188. The lowest BCUT2D eigenvalue weighted by molar-refractivity contribution is -0.141. The largest absolute Gasteiger partial charge is 0.477 e. The molecule has 0 radical (unpaired) electrons. The van der Waals surface area contributed by atoms with Crippen molar-refractivity contribution in [2.24, 2.45) is 4.99 Å². The van der Waals surface area contributed by atoms with Crippen molar-refractivity contribution in [2.45, 2.75) is 5.37 Å². The van der Waals surface area contributed by atoms with E-state index in [4.69, 9.17) is 4.99 Å². The number of hydrogen-bond acceptors (Lipinski definition) is 5. The highest BCUT2D eigenvalue weighted by Crippen LogP contribution is 2.50. The Morgan fingerprint density at radius 1 is 1.42 bits per heavy atom. The molecule has 120 valence electrons. The van der Waals surface area contributed by atoms with Crippen molar-refractivity contribution in [1.29, 1.82) is 0 Å². The summed E-state index contributed by atoms with van der Waals surface area (Å²) in [4.78, 5) is 29.8. The van der Waals surface area contributed by atoms with Gasteiger partial charge in [0.25, 0.3) is 11.1 Å². The number of carboxylic acid groups (broad SMARTS) is 1. The van der Waals surface area contributed by atoms with E-state index in [0.717, 1.165) is 28.8 Å². The van der Waals surface area contributed by atoms with E-state index in [-0.39, 0.29) is 17.0 Å². The molecule has 4 heterocycles. The number of rotatable bonds is 2. The summed E-state index contributed by atoms with van der Waals surface area (Å²) in [6.07, 6.45) is 1.99. The molecule has 4 aliphatic rings. The minimum Gasteiger partial charge on any atom is -0.477 e. The van der Waals surface area contributed by atoms with Gasteiger partial charge in [-0.05, 0) is 17.8 Å². The molecule has 2 atom stereocenters. The third-order valence-electron chi connectivity index (χ3n) is 4.66. The van der Waals surface area contributed by atoms with Crippen LogP contribution in [0.3, 0.4) is 0 Å². The fourth-order valence-electron chi connectivity index (χ4n) is 3.51. The number of aliphatic imine (C=N–C) groups is 1. The van der Waals surface area contributed by atoms with Gasteiger partial charge in [0, 0.05) is 11.5 Å². The predicted octanol–water partition coefficient (Wildman–Crippen LogP) is 2.47. The average Bonchev–Trinajstić information content (AvgIpc) is 3.22. The van der Waals surface area contributed by atoms with Gasteiger partial charge in [-0.25, -0.2) is 9.28 Å². The van der Waals surface area contributed by atoms with E-state index in [1.54, 1.807) is 17.2 Å². The van der Waals surface area contributed by atoms with Crippen LogP contribution >= 0.6 is 23.5 Å². The molecule has 2 fully saturated rings. The Bertz CT molecular complexity index is 908. The Balaban J connectivity index is 1.57. The predicted molar refractivity (Wildman–Crippen MR) is 94.7 cm³/mol. The maximum atomic E-state index is 12.5. The summed E-state index contributed by atoms with van der Waals surface area (Å²) in [5.41, 5.74) is 2.77. The Morgan fingerprint density at radius 2 is 2.25 bits per heavy atom. The number of aliphatic carboxylic acids is 1. The fourth-order valence-corrected chi connectivity index (χ4v) is 5.82. The molecule has 0 aliphatic carbocycles. The zero-order chi connectivity index (χ0) is 16.5. The van der Waals surface area contributed by atoms with E-state index in [1.807, 2.05) is 24.4 Å². The molecule has 1 unspecified atom stereocenters. The number of fused-ring (bicyclic) bond motifs is 4. The second-order valence-corrected chi connectivity index (χ2v) is 7.90. The van der Waals surface area contributed by atoms with Crippen molar-refractivity contribution >= 4 is 51.9 Å². The van der Waals surface area contributed by atoms with Gasteiger partial charge < -0.3 is 5.11 Å². The summed E-state index contributed by atoms with van der Waals surface area (Å²) in [7, 11) is 0. The first kappa shape index (κ1) is 14.3. The van der Waals surface area contributed by atoms with Crippen LogP contribution in [0.1, 0.15) is 0 Å². The number of hydrogen-bond donors (Lipinski definition) is 1. The van der Waals surface area contributed by atoms with Crippen molar-refractivity contribution in [1.82, 2.24) is 9.38 Å². The molecule has 1 aromatic rings. The van der Waals surface area contributed by atoms with Crippen LogP contribution in [0.4, 0.5) is 11.4 Å². The summed E-state index contributed by atoms with van der Waals surface area (Å²) in [5, 5.41) is 11.5. The third-order valence-corrected chi connectivity index (χ3v) is 6.80. The first-order chi connectivity index (χ1) is 11.6. The van der Waals surface area contributed by atoms with Crippen LogP contribution in [0.5, 0.6) is 0 Å². The zero-order valence-electron chi connectivity index (χ0n) is 12.4. The summed E-state index contributed by atoms with van der Waals surface area (Å²) in [6, 6.07) is 8.00. The molecule has 1 aromatic carbocycles. The number of thioether (sulfide) groups is 2. The topological polar surface area (TPSA) is 70.0 Å². The molecule has 0 bridgehead atoms. The monoisotopic (exact) mass is 358 g/mol. The van der Waals surface area contributed by atoms with Crippen LogP contribution in [0, 0.1) is 0 Å². The molecule has 2 saturated heterocycles. The number of carboxylic acids is 1. The highest BCUT2D eigenvalue weighted by Gasteiger charge is 2.55. The van der Waals surface area contributed by atoms with Crippen LogP contribution in [-0.4, -0.2) is 44.7 Å². The molecule has 1 amide bonds. The minimum atomic E-state index is -1.06. The van der Waals surface area contributed by atoms with E-state index >= 15 is 0 Å². The summed E-state index contributed by atoms with van der Waals surface area (Å²) < 4.78 is 0.481. The lowest BCUT2D eigenvalue weighted by Crippen LogP contribution is -2.54. The number of β-lactam (4-membered cyclic amide) rings is 1. The van der Waals surface area contributed by atoms with E-state index in [0.29, 0.717) is 10.1 Å². The molecular weight excluding hydrogens is 346 g/mol. The van der Waals surface area contributed by atoms with Crippen molar-refractivity contribution in [2.75, 3.05) is 12.3 Å². The van der Waals surface area contributed by atoms with Gasteiger partial charge in [-0.1, -0.05) is 12.1 Å². The quantitative estimate of drug-likeness (QED) is 0.500. The van der Waals surface area contributed by atoms with Gasteiger partial charge in [0.05, 0.1) is 5.75 Å². The van der Waals surface area contributed by atoms with Gasteiger partial charge >= 0.3 is 5.97 Å². The first-order valence-corrected chi connectivity index (χ1v) is 9.39. The number of benzene rings is 1. The van der Waals surface area contributed by atoms with Crippen LogP contribution in [0.25, 0.3) is 0 Å². The lowest BCUT2D eigenvalue weighted by Gasteiger charge is -2.38. The van der Waals surface area contributed by atoms with Crippen molar-refractivity contribution in [3.05, 3.63) is 47.1 Å². The molecule has 0 spiro atoms. The second-order valence-electron chi connectivity index (χ2n) is 5.88. The molecule has 8 heteroatoms. The highest BCUT2D eigenvalue weighted by atomic mass is 32.2. The van der Waals surface area contributed by atoms with Crippen molar-refractivity contribution in [3.63, 3.8) is 0 Å². The van der Waals surface area contributed by atoms with Crippen molar-refractivity contribution < 1.29 is 14.7 Å². The number of amides is 1. The van der Waals surface area contributed by atoms with Crippen LogP contribution in [0.15, 0.2) is 52.1 Å². The summed E-state index contributed by atoms with van der Waals surface area (Å²) in [5.74, 6) is -0.326. The van der Waals surface area contributed by atoms with Crippen LogP contribution in [-0.2, 0) is 9.59 Å². The molecule has 24 heavy (non-hydrogen) atoms. The number of quaternary nitrogens is 1. The molecule has 0 saturated carbocycles. The van der Waals surface area contributed by atoms with Crippen LogP contribution < -0.4 is 4.48 Å². The number of amidine groups is 1. The molecule has 1 N–H and O–H groups in total. The van der Waals surface area contributed by atoms with Gasteiger partial charge in [-0.15, -0.1) is 11.8 Å². The van der Waals surface area contributed by atoms with Crippen molar-refractivity contribution in [3.8, 4) is 0 Å². The van der Waals surface area contributed by atoms with E-state index in [9.17, 15) is 14.7 Å². The number of nitrogens with zero attached hydrogens (tertiary/aromatic N) is 3. The van der Waals surface area contributed by atoms with Crippen LogP contribution in [0.2, 0.25) is 0 Å². The molecule has 5 rings (SSSR count). The second kappa shape index (κ2) is 4.75. The zero-order valence-corrected chi connectivity index (χ0v) is 14.0. The highest BCUT2D eigenvalue weighted by molar-refractivity contribution is 8.14. The Hall–Kier alpha value is -2.03. The first-order valence-electron chi connectivity index (χ1n) is 7.46. The van der Waals surface area contributed by atoms with Gasteiger partial charge in [0.15, 0.2) is 5.69 Å². The molecule has 0 aromatic heterocycles. The molecular formula is C16H12N3O3S2+. The van der Waals surface area contributed by atoms with E-state index < -0.39 is 5.97 Å².